The highest BCUT2D eigenvalue weighted by Crippen LogP contribution is 2.33. The summed E-state index contributed by atoms with van der Waals surface area (Å²) < 4.78 is 0. The van der Waals surface area contributed by atoms with Crippen LogP contribution in [0.2, 0.25) is 0 Å². The molecule has 92 valence electrons. The van der Waals surface area contributed by atoms with Crippen LogP contribution in [-0.2, 0) is 4.79 Å². The molecule has 6 heteroatoms. The van der Waals surface area contributed by atoms with E-state index >= 15 is 0 Å². The Morgan fingerprint density at radius 2 is 2.41 bits per heavy atom. The summed E-state index contributed by atoms with van der Waals surface area (Å²) >= 11 is 0. The highest BCUT2D eigenvalue weighted by atomic mass is 16.4. The minimum Gasteiger partial charge on any atom is -0.479 e. The minimum absolute atomic E-state index is 0.263. The zero-order valence-corrected chi connectivity index (χ0v) is 9.64. The Kier molecular flexibility index (Phi) is 2.87. The third-order valence-electron chi connectivity index (χ3n) is 3.46. The molecule has 2 heterocycles. The van der Waals surface area contributed by atoms with Crippen LogP contribution in [0.15, 0.2) is 12.4 Å². The van der Waals surface area contributed by atoms with Crippen molar-refractivity contribution in [3.63, 3.8) is 0 Å². The van der Waals surface area contributed by atoms with Gasteiger partial charge in [-0.2, -0.15) is 5.10 Å². The summed E-state index contributed by atoms with van der Waals surface area (Å²) in [5.41, 5.74) is -0.639. The lowest BCUT2D eigenvalue weighted by Crippen LogP contribution is -2.52. The first kappa shape index (κ1) is 11.6. The second kappa shape index (κ2) is 4.20. The van der Waals surface area contributed by atoms with Gasteiger partial charge >= 0.3 is 5.97 Å². The van der Waals surface area contributed by atoms with Gasteiger partial charge in [0.1, 0.15) is 5.54 Å². The molecule has 1 aliphatic rings. The molecular weight excluding hydrogens is 222 g/mol. The van der Waals surface area contributed by atoms with Crippen LogP contribution in [0, 0.1) is 0 Å². The molecule has 0 aliphatic carbocycles. The number of hydrogen-bond acceptors (Lipinski definition) is 3. The molecule has 1 fully saturated rings. The number of nitrogens with one attached hydrogen (secondary N) is 1. The first-order valence-electron chi connectivity index (χ1n) is 5.66. The predicted octanol–water partition coefficient (Wildman–Crippen LogP) is 0.879. The predicted molar refractivity (Wildman–Crippen MR) is 59.5 cm³/mol. The van der Waals surface area contributed by atoms with Crippen LogP contribution in [0.4, 0.5) is 0 Å². The molecule has 1 aliphatic heterocycles. The highest BCUT2D eigenvalue weighted by Gasteiger charge is 2.48. The quantitative estimate of drug-likeness (QED) is 0.817. The van der Waals surface area contributed by atoms with Gasteiger partial charge in [-0.25, -0.2) is 4.79 Å². The van der Waals surface area contributed by atoms with Crippen molar-refractivity contribution in [3.05, 3.63) is 18.0 Å². The molecule has 17 heavy (non-hydrogen) atoms. The van der Waals surface area contributed by atoms with Crippen LogP contribution in [-0.4, -0.2) is 44.2 Å². The van der Waals surface area contributed by atoms with E-state index in [1.165, 1.54) is 17.3 Å². The number of carboxylic acid groups (broad SMARTS) is 1. The van der Waals surface area contributed by atoms with Gasteiger partial charge in [0.05, 0.1) is 11.8 Å². The minimum atomic E-state index is -1.05. The molecule has 2 rings (SSSR count). The third kappa shape index (κ3) is 1.69. The number of aromatic amines is 1. The Balaban J connectivity index is 2.31. The number of rotatable bonds is 3. The second-order valence-corrected chi connectivity index (χ2v) is 4.24. The summed E-state index contributed by atoms with van der Waals surface area (Å²) in [6.45, 7) is 2.29. The number of carbonyl (C=O) groups excluding carboxylic acids is 1. The maximum Gasteiger partial charge on any atom is 0.329 e. The average Bonchev–Trinajstić information content (AvgIpc) is 2.97. The van der Waals surface area contributed by atoms with Crippen molar-refractivity contribution < 1.29 is 14.7 Å². The van der Waals surface area contributed by atoms with E-state index in [1.807, 2.05) is 0 Å². The van der Waals surface area contributed by atoms with Crippen molar-refractivity contribution in [2.45, 2.75) is 31.7 Å². The van der Waals surface area contributed by atoms with Crippen molar-refractivity contribution in [1.82, 2.24) is 15.1 Å². The number of aliphatic carboxylic acids is 1. The molecule has 1 unspecified atom stereocenters. The maximum absolute atomic E-state index is 12.2. The van der Waals surface area contributed by atoms with E-state index < -0.39 is 11.5 Å². The lowest BCUT2D eigenvalue weighted by Gasteiger charge is -2.33. The zero-order chi connectivity index (χ0) is 12.5. The van der Waals surface area contributed by atoms with Crippen LogP contribution in [0.1, 0.15) is 36.5 Å². The van der Waals surface area contributed by atoms with Gasteiger partial charge < -0.3 is 10.0 Å². The van der Waals surface area contributed by atoms with Crippen LogP contribution in [0.3, 0.4) is 0 Å². The van der Waals surface area contributed by atoms with Crippen molar-refractivity contribution in [2.24, 2.45) is 0 Å². The summed E-state index contributed by atoms with van der Waals surface area (Å²) in [5, 5.41) is 15.6. The lowest BCUT2D eigenvalue weighted by molar-refractivity contribution is -0.148. The normalized spacial score (nSPS) is 23.9. The lowest BCUT2D eigenvalue weighted by atomic mass is 9.92. The third-order valence-corrected chi connectivity index (χ3v) is 3.46. The molecule has 1 aromatic heterocycles. The van der Waals surface area contributed by atoms with E-state index in [2.05, 4.69) is 10.2 Å². The number of carbonyl (C=O) groups is 2. The van der Waals surface area contributed by atoms with Crippen molar-refractivity contribution in [2.75, 3.05) is 6.54 Å². The summed E-state index contributed by atoms with van der Waals surface area (Å²) in [6, 6.07) is 0. The number of likely N-dealkylation sites (tertiary alicyclic amines) is 1. The zero-order valence-electron chi connectivity index (χ0n) is 9.64. The monoisotopic (exact) mass is 237 g/mol. The molecule has 6 nitrogen and oxygen atoms in total. The summed E-state index contributed by atoms with van der Waals surface area (Å²) in [4.78, 5) is 25.1. The highest BCUT2D eigenvalue weighted by molar-refractivity contribution is 5.97. The first-order chi connectivity index (χ1) is 8.12. The smallest absolute Gasteiger partial charge is 0.329 e. The SMILES string of the molecule is CCC1(C(=O)O)CCCN1C(=O)c1cn[nH]c1. The largest absolute Gasteiger partial charge is 0.479 e. The molecule has 1 amide bonds. The average molecular weight is 237 g/mol. The van der Waals surface area contributed by atoms with Gasteiger partial charge in [-0.3, -0.25) is 9.89 Å². The molecule has 0 radical (unpaired) electrons. The summed E-state index contributed by atoms with van der Waals surface area (Å²) in [6.07, 6.45) is 4.57. The Hall–Kier alpha value is -1.85. The van der Waals surface area contributed by atoms with Gasteiger partial charge in [-0.1, -0.05) is 6.92 Å². The van der Waals surface area contributed by atoms with E-state index in [4.69, 9.17) is 0 Å². The first-order valence-corrected chi connectivity index (χ1v) is 5.66. The van der Waals surface area contributed by atoms with Crippen LogP contribution in [0.25, 0.3) is 0 Å². The number of carboxylic acids is 1. The number of aromatic nitrogens is 2. The van der Waals surface area contributed by atoms with Gasteiger partial charge in [0.25, 0.3) is 5.91 Å². The molecule has 2 N–H and O–H groups in total. The van der Waals surface area contributed by atoms with Crippen molar-refractivity contribution >= 4 is 11.9 Å². The van der Waals surface area contributed by atoms with Gasteiger partial charge in [0.15, 0.2) is 0 Å². The Morgan fingerprint density at radius 1 is 1.65 bits per heavy atom. The van der Waals surface area contributed by atoms with Crippen LogP contribution < -0.4 is 0 Å². The Bertz CT molecular complexity index is 429. The van der Waals surface area contributed by atoms with E-state index in [0.29, 0.717) is 24.9 Å². The van der Waals surface area contributed by atoms with E-state index in [0.717, 1.165) is 6.42 Å². The Morgan fingerprint density at radius 3 is 2.94 bits per heavy atom. The van der Waals surface area contributed by atoms with Crippen molar-refractivity contribution in [3.8, 4) is 0 Å². The Labute approximate surface area is 98.6 Å². The summed E-state index contributed by atoms with van der Waals surface area (Å²) in [5.74, 6) is -1.19. The molecule has 1 aromatic rings. The standard InChI is InChI=1S/C11H15N3O3/c1-2-11(10(16)17)4-3-5-14(11)9(15)8-6-12-13-7-8/h6-7H,2-5H2,1H3,(H,12,13)(H,16,17). The van der Waals surface area contributed by atoms with Gasteiger partial charge in [-0.15, -0.1) is 0 Å². The van der Waals surface area contributed by atoms with E-state index in [1.54, 1.807) is 6.92 Å². The van der Waals surface area contributed by atoms with Gasteiger partial charge in [-0.05, 0) is 19.3 Å². The fourth-order valence-corrected chi connectivity index (χ4v) is 2.44. The van der Waals surface area contributed by atoms with Gasteiger partial charge in [0.2, 0.25) is 0 Å². The van der Waals surface area contributed by atoms with Gasteiger partial charge in [0, 0.05) is 12.7 Å². The molecule has 0 spiro atoms. The number of H-pyrrole nitrogens is 1. The molecule has 0 aromatic carbocycles. The number of amides is 1. The van der Waals surface area contributed by atoms with E-state index in [-0.39, 0.29) is 5.91 Å². The topological polar surface area (TPSA) is 86.3 Å². The van der Waals surface area contributed by atoms with Crippen LogP contribution >= 0.6 is 0 Å². The molecule has 0 bridgehead atoms. The van der Waals surface area contributed by atoms with Crippen molar-refractivity contribution in [1.29, 1.82) is 0 Å². The molecule has 1 saturated heterocycles. The number of hydrogen-bond donors (Lipinski definition) is 2. The number of nitrogens with zero attached hydrogens (tertiary/aromatic N) is 2. The molecular formula is C11H15N3O3. The molecule has 1 atom stereocenters. The summed E-state index contributed by atoms with van der Waals surface area (Å²) in [7, 11) is 0. The second-order valence-electron chi connectivity index (χ2n) is 4.24. The fraction of sp³-hybridized carbons (Fsp3) is 0.545. The molecule has 0 saturated carbocycles. The fourth-order valence-electron chi connectivity index (χ4n) is 2.44. The van der Waals surface area contributed by atoms with E-state index in [9.17, 15) is 14.7 Å². The van der Waals surface area contributed by atoms with Crippen LogP contribution in [0.5, 0.6) is 0 Å². The maximum atomic E-state index is 12.2.